The van der Waals surface area contributed by atoms with Crippen LogP contribution in [-0.2, 0) is 6.42 Å². The zero-order chi connectivity index (χ0) is 13.1. The van der Waals surface area contributed by atoms with Crippen LogP contribution in [0.25, 0.3) is 0 Å². The Morgan fingerprint density at radius 1 is 1.50 bits per heavy atom. The first-order valence-electron chi connectivity index (χ1n) is 6.35. The summed E-state index contributed by atoms with van der Waals surface area (Å²) in [6.45, 7) is 4.76. The van der Waals surface area contributed by atoms with Crippen LogP contribution >= 0.6 is 0 Å². The number of amides is 1. The van der Waals surface area contributed by atoms with Crippen molar-refractivity contribution in [1.82, 2.24) is 4.90 Å². The van der Waals surface area contributed by atoms with Gasteiger partial charge in [0.2, 0.25) is 0 Å². The van der Waals surface area contributed by atoms with Crippen LogP contribution in [0.5, 0.6) is 5.75 Å². The van der Waals surface area contributed by atoms with Crippen LogP contribution in [0, 0.1) is 0 Å². The summed E-state index contributed by atoms with van der Waals surface area (Å²) in [5, 5.41) is 9.06. The predicted molar refractivity (Wildman–Crippen MR) is 68.9 cm³/mol. The molecular weight excluding hydrogens is 230 g/mol. The number of rotatable bonds is 3. The molecule has 1 atom stereocenters. The van der Waals surface area contributed by atoms with E-state index in [1.54, 1.807) is 4.90 Å². The molecule has 0 aromatic heterocycles. The van der Waals surface area contributed by atoms with E-state index in [-0.39, 0.29) is 18.6 Å². The third-order valence-electron chi connectivity index (χ3n) is 3.30. The average molecular weight is 249 g/mol. The summed E-state index contributed by atoms with van der Waals surface area (Å²) in [6, 6.07) is 5.71. The Labute approximate surface area is 107 Å². The average Bonchev–Trinajstić information content (AvgIpc) is 2.51. The fraction of sp³-hybridized carbons (Fsp3) is 0.500. The summed E-state index contributed by atoms with van der Waals surface area (Å²) < 4.78 is 5.66. The molecule has 0 aliphatic carbocycles. The molecule has 4 heteroatoms. The molecular formula is C14H19NO3. The van der Waals surface area contributed by atoms with E-state index in [1.165, 1.54) is 0 Å². The first kappa shape index (κ1) is 12.9. The Bertz CT molecular complexity index is 445. The number of fused-ring (bicyclic) bond motifs is 1. The molecule has 1 aliphatic heterocycles. The van der Waals surface area contributed by atoms with Crippen LogP contribution < -0.4 is 4.74 Å². The molecule has 18 heavy (non-hydrogen) atoms. The van der Waals surface area contributed by atoms with Crippen molar-refractivity contribution in [3.63, 3.8) is 0 Å². The molecule has 0 saturated heterocycles. The minimum Gasteiger partial charge on any atom is -0.491 e. The second-order valence-electron chi connectivity index (χ2n) is 4.57. The van der Waals surface area contributed by atoms with Crippen LogP contribution in [-0.4, -0.2) is 41.7 Å². The van der Waals surface area contributed by atoms with Gasteiger partial charge in [-0.1, -0.05) is 13.0 Å². The molecule has 1 unspecified atom stereocenters. The van der Waals surface area contributed by atoms with Gasteiger partial charge in [0.25, 0.3) is 5.91 Å². The third kappa shape index (κ3) is 2.34. The van der Waals surface area contributed by atoms with Gasteiger partial charge < -0.3 is 14.7 Å². The molecule has 0 fully saturated rings. The Morgan fingerprint density at radius 3 is 2.94 bits per heavy atom. The zero-order valence-corrected chi connectivity index (χ0v) is 10.8. The van der Waals surface area contributed by atoms with Gasteiger partial charge in [-0.25, -0.2) is 0 Å². The summed E-state index contributed by atoms with van der Waals surface area (Å²) in [5.74, 6) is 0.587. The molecule has 1 heterocycles. The number of carbonyl (C=O) groups is 1. The van der Waals surface area contributed by atoms with E-state index in [2.05, 4.69) is 6.92 Å². The number of hydrogen-bond acceptors (Lipinski definition) is 3. The van der Waals surface area contributed by atoms with Crippen molar-refractivity contribution in [2.45, 2.75) is 26.3 Å². The van der Waals surface area contributed by atoms with Crippen molar-refractivity contribution in [1.29, 1.82) is 0 Å². The smallest absolute Gasteiger partial charge is 0.258 e. The van der Waals surface area contributed by atoms with E-state index >= 15 is 0 Å². The Hall–Kier alpha value is -1.55. The van der Waals surface area contributed by atoms with Gasteiger partial charge in [-0.15, -0.1) is 0 Å². The molecule has 1 aliphatic rings. The number of aliphatic hydroxyl groups excluding tert-OH is 1. The molecule has 0 radical (unpaired) electrons. The predicted octanol–water partition coefficient (Wildman–Crippen LogP) is 1.46. The topological polar surface area (TPSA) is 49.8 Å². The summed E-state index contributed by atoms with van der Waals surface area (Å²) in [7, 11) is 0. The van der Waals surface area contributed by atoms with E-state index in [0.717, 1.165) is 12.0 Å². The quantitative estimate of drug-likeness (QED) is 0.882. The number of aryl methyl sites for hydroxylation is 1. The first-order chi connectivity index (χ1) is 8.67. The zero-order valence-electron chi connectivity index (χ0n) is 10.8. The number of hydrogen-bond donors (Lipinski definition) is 1. The highest BCUT2D eigenvalue weighted by Gasteiger charge is 2.28. The summed E-state index contributed by atoms with van der Waals surface area (Å²) in [4.78, 5) is 14.1. The molecule has 4 nitrogen and oxygen atoms in total. The van der Waals surface area contributed by atoms with E-state index in [4.69, 9.17) is 9.84 Å². The number of ether oxygens (including phenoxy) is 1. The largest absolute Gasteiger partial charge is 0.491 e. The number of nitrogens with zero attached hydrogens (tertiary/aromatic N) is 1. The molecule has 98 valence electrons. The van der Waals surface area contributed by atoms with Crippen LogP contribution in [0.1, 0.15) is 29.8 Å². The van der Waals surface area contributed by atoms with Crippen molar-refractivity contribution in [3.05, 3.63) is 29.3 Å². The van der Waals surface area contributed by atoms with Crippen LogP contribution in [0.3, 0.4) is 0 Å². The first-order valence-corrected chi connectivity index (χ1v) is 6.35. The van der Waals surface area contributed by atoms with Crippen molar-refractivity contribution in [2.75, 3.05) is 19.8 Å². The maximum absolute atomic E-state index is 12.4. The van der Waals surface area contributed by atoms with Crippen LogP contribution in [0.2, 0.25) is 0 Å². The number of carbonyl (C=O) groups excluding carboxylic acids is 1. The van der Waals surface area contributed by atoms with Crippen LogP contribution in [0.15, 0.2) is 18.2 Å². The second kappa shape index (κ2) is 5.40. The molecule has 1 aromatic rings. The Morgan fingerprint density at radius 2 is 2.28 bits per heavy atom. The number of aliphatic hydroxyl groups is 1. The highest BCUT2D eigenvalue weighted by Crippen LogP contribution is 2.26. The molecule has 1 amide bonds. The summed E-state index contributed by atoms with van der Waals surface area (Å²) in [5.41, 5.74) is 1.72. The van der Waals surface area contributed by atoms with Gasteiger partial charge in [0.1, 0.15) is 12.4 Å². The Kier molecular flexibility index (Phi) is 3.87. The fourth-order valence-electron chi connectivity index (χ4n) is 2.17. The lowest BCUT2D eigenvalue weighted by Gasteiger charge is -2.25. The van der Waals surface area contributed by atoms with Gasteiger partial charge in [-0.3, -0.25) is 4.79 Å². The van der Waals surface area contributed by atoms with Gasteiger partial charge in [0.05, 0.1) is 18.2 Å². The highest BCUT2D eigenvalue weighted by molar-refractivity contribution is 5.97. The van der Waals surface area contributed by atoms with E-state index in [0.29, 0.717) is 24.5 Å². The molecule has 0 saturated carbocycles. The molecule has 0 spiro atoms. The van der Waals surface area contributed by atoms with E-state index < -0.39 is 0 Å². The molecule has 0 bridgehead atoms. The number of benzene rings is 1. The lowest BCUT2D eigenvalue weighted by atomic mass is 10.1. The maximum atomic E-state index is 12.4. The normalized spacial score (nSPS) is 19.2. The van der Waals surface area contributed by atoms with Crippen LogP contribution in [0.4, 0.5) is 0 Å². The van der Waals surface area contributed by atoms with E-state index in [9.17, 15) is 4.79 Å². The molecule has 2 rings (SSSR count). The minimum absolute atomic E-state index is 0.0258. The summed E-state index contributed by atoms with van der Waals surface area (Å²) in [6.07, 6.45) is 0.885. The van der Waals surface area contributed by atoms with Crippen molar-refractivity contribution < 1.29 is 14.6 Å². The maximum Gasteiger partial charge on any atom is 0.258 e. The lowest BCUT2D eigenvalue weighted by Crippen LogP contribution is -2.41. The molecule has 1 aromatic carbocycles. The fourth-order valence-corrected chi connectivity index (χ4v) is 2.17. The highest BCUT2D eigenvalue weighted by atomic mass is 16.5. The minimum atomic E-state index is -0.0562. The monoisotopic (exact) mass is 249 g/mol. The second-order valence-corrected chi connectivity index (χ2v) is 4.57. The van der Waals surface area contributed by atoms with Gasteiger partial charge in [0, 0.05) is 6.54 Å². The van der Waals surface area contributed by atoms with Crippen molar-refractivity contribution >= 4 is 5.91 Å². The third-order valence-corrected chi connectivity index (χ3v) is 3.30. The lowest BCUT2D eigenvalue weighted by molar-refractivity contribution is 0.0629. The number of β-amino-alcohol motifs (C(OH)–C–C–N with tert-alkyl or cyclic N) is 1. The SMILES string of the molecule is CCc1ccc2c(c1)C(=O)N(CCO)C(C)CO2. The van der Waals surface area contributed by atoms with Crippen molar-refractivity contribution in [2.24, 2.45) is 0 Å². The van der Waals surface area contributed by atoms with Crippen molar-refractivity contribution in [3.8, 4) is 5.75 Å². The van der Waals surface area contributed by atoms with Gasteiger partial charge >= 0.3 is 0 Å². The van der Waals surface area contributed by atoms with Gasteiger partial charge in [-0.05, 0) is 31.0 Å². The standard InChI is InChI=1S/C14H19NO3/c1-3-11-4-5-13-12(8-11)14(17)15(6-7-16)10(2)9-18-13/h4-5,8,10,16H,3,6-7,9H2,1-2H3. The summed E-state index contributed by atoms with van der Waals surface area (Å²) >= 11 is 0. The Balaban J connectivity index is 2.39. The van der Waals surface area contributed by atoms with Gasteiger partial charge in [-0.2, -0.15) is 0 Å². The molecule has 1 N–H and O–H groups in total. The van der Waals surface area contributed by atoms with Gasteiger partial charge in [0.15, 0.2) is 0 Å². The van der Waals surface area contributed by atoms with E-state index in [1.807, 2.05) is 25.1 Å².